The fourth-order valence-corrected chi connectivity index (χ4v) is 2.98. The Labute approximate surface area is 151 Å². The summed E-state index contributed by atoms with van der Waals surface area (Å²) >= 11 is 6.13. The monoisotopic (exact) mass is 383 g/mol. The Kier molecular flexibility index (Phi) is 5.13. The summed E-state index contributed by atoms with van der Waals surface area (Å²) in [5.41, 5.74) is 0.793. The Morgan fingerprint density at radius 2 is 2.04 bits per heavy atom. The average molecular weight is 384 g/mol. The molecular weight excluding hydrogens is 371 g/mol. The number of halogens is 4. The van der Waals surface area contributed by atoms with E-state index in [4.69, 9.17) is 11.6 Å². The number of carbonyl (C=O) groups excluding carboxylic acids is 2. The second-order valence-electron chi connectivity index (χ2n) is 5.69. The molecule has 3 rings (SSSR count). The third kappa shape index (κ3) is 3.65. The van der Waals surface area contributed by atoms with Crippen molar-refractivity contribution in [3.8, 4) is 0 Å². The number of benzene rings is 1. The summed E-state index contributed by atoms with van der Waals surface area (Å²) in [5.74, 6) is -0.917. The number of nitrogens with one attached hydrogen (secondary N) is 2. The minimum Gasteiger partial charge on any atom is -0.325 e. The lowest BCUT2D eigenvalue weighted by molar-refractivity contribution is -0.116. The van der Waals surface area contributed by atoms with E-state index in [0.29, 0.717) is 17.8 Å². The first-order valence-corrected chi connectivity index (χ1v) is 8.04. The molecule has 9 heteroatoms. The number of nitrogens with zero attached hydrogens (tertiary/aromatic N) is 1. The number of hydrogen-bond acceptors (Lipinski definition) is 3. The second-order valence-corrected chi connectivity index (χ2v) is 6.10. The number of alkyl halides is 3. The predicted octanol–water partition coefficient (Wildman–Crippen LogP) is 4.15. The molecule has 0 saturated carbocycles. The molecule has 136 valence electrons. The zero-order chi connectivity index (χ0) is 18.8. The van der Waals surface area contributed by atoms with E-state index >= 15 is 0 Å². The number of pyridine rings is 1. The summed E-state index contributed by atoms with van der Waals surface area (Å²) in [5, 5.41) is 5.40. The van der Waals surface area contributed by atoms with Gasteiger partial charge in [0.25, 0.3) is 12.3 Å². The van der Waals surface area contributed by atoms with Crippen LogP contribution in [0.3, 0.4) is 0 Å². The van der Waals surface area contributed by atoms with Crippen LogP contribution in [0.4, 0.5) is 24.5 Å². The molecule has 0 bridgehead atoms. The van der Waals surface area contributed by atoms with Crippen LogP contribution in [0.2, 0.25) is 5.02 Å². The van der Waals surface area contributed by atoms with Gasteiger partial charge < -0.3 is 10.6 Å². The van der Waals surface area contributed by atoms with Gasteiger partial charge in [0.1, 0.15) is 0 Å². The molecule has 1 aliphatic rings. The van der Waals surface area contributed by atoms with Gasteiger partial charge in [-0.25, -0.2) is 13.2 Å². The van der Waals surface area contributed by atoms with E-state index in [9.17, 15) is 22.8 Å². The fourth-order valence-electron chi connectivity index (χ4n) is 2.69. The molecule has 0 radical (unpaired) electrons. The van der Waals surface area contributed by atoms with Crippen molar-refractivity contribution >= 4 is 34.8 Å². The minimum atomic E-state index is -3.27. The van der Waals surface area contributed by atoms with Crippen LogP contribution in [0.15, 0.2) is 30.6 Å². The number of aromatic nitrogens is 1. The van der Waals surface area contributed by atoms with E-state index in [1.54, 1.807) is 6.07 Å². The van der Waals surface area contributed by atoms with Crippen LogP contribution in [0.25, 0.3) is 0 Å². The Balaban J connectivity index is 1.88. The van der Waals surface area contributed by atoms with Gasteiger partial charge >= 0.3 is 0 Å². The molecule has 2 heterocycles. The van der Waals surface area contributed by atoms with Crippen LogP contribution >= 0.6 is 11.6 Å². The number of aryl methyl sites for hydroxylation is 1. The zero-order valence-corrected chi connectivity index (χ0v) is 14.0. The van der Waals surface area contributed by atoms with Crippen molar-refractivity contribution < 1.29 is 22.8 Å². The summed E-state index contributed by atoms with van der Waals surface area (Å²) in [4.78, 5) is 27.5. The molecule has 0 spiro atoms. The molecule has 0 saturated heterocycles. The molecule has 2 amide bonds. The van der Waals surface area contributed by atoms with Crippen molar-refractivity contribution in [3.63, 3.8) is 0 Å². The first-order valence-electron chi connectivity index (χ1n) is 7.66. The molecule has 2 aromatic rings. The van der Waals surface area contributed by atoms with Crippen molar-refractivity contribution in [2.24, 2.45) is 0 Å². The van der Waals surface area contributed by atoms with Gasteiger partial charge in [-0.05, 0) is 30.2 Å². The molecule has 1 aromatic heterocycles. The lowest BCUT2D eigenvalue weighted by Gasteiger charge is -2.20. The van der Waals surface area contributed by atoms with Gasteiger partial charge in [-0.15, -0.1) is 0 Å². The highest BCUT2D eigenvalue weighted by atomic mass is 35.5. The lowest BCUT2D eigenvalue weighted by atomic mass is 10.0. The van der Waals surface area contributed by atoms with Crippen LogP contribution in [-0.2, 0) is 11.2 Å². The predicted molar refractivity (Wildman–Crippen MR) is 90.4 cm³/mol. The van der Waals surface area contributed by atoms with Crippen molar-refractivity contribution in [1.82, 2.24) is 4.98 Å². The minimum absolute atomic E-state index is 0.154. The summed E-state index contributed by atoms with van der Waals surface area (Å²) in [6, 6.07) is 4.21. The Hall–Kier alpha value is -2.61. The van der Waals surface area contributed by atoms with Gasteiger partial charge in [-0.1, -0.05) is 11.6 Å². The number of amides is 2. The van der Waals surface area contributed by atoms with Gasteiger partial charge in [0.2, 0.25) is 5.91 Å². The van der Waals surface area contributed by atoms with Crippen molar-refractivity contribution in [2.75, 3.05) is 10.6 Å². The van der Waals surface area contributed by atoms with Crippen LogP contribution in [0.1, 0.15) is 34.1 Å². The molecule has 0 aliphatic carbocycles. The fraction of sp³-hybridized carbons (Fsp3) is 0.235. The Bertz CT molecular complexity index is 876. The first-order chi connectivity index (χ1) is 12.4. The summed E-state index contributed by atoms with van der Waals surface area (Å²) < 4.78 is 39.1. The third-order valence-electron chi connectivity index (χ3n) is 3.93. The van der Waals surface area contributed by atoms with Gasteiger partial charge in [0.15, 0.2) is 6.17 Å². The summed E-state index contributed by atoms with van der Waals surface area (Å²) in [6.45, 7) is 0. The molecule has 5 nitrogen and oxygen atoms in total. The van der Waals surface area contributed by atoms with E-state index in [0.717, 1.165) is 11.8 Å². The van der Waals surface area contributed by atoms with E-state index < -0.39 is 24.1 Å². The molecule has 1 unspecified atom stereocenters. The van der Waals surface area contributed by atoms with Gasteiger partial charge in [0, 0.05) is 35.6 Å². The highest BCUT2D eigenvalue weighted by molar-refractivity contribution is 6.34. The number of fused-ring (bicyclic) bond motifs is 1. The topological polar surface area (TPSA) is 71.1 Å². The summed E-state index contributed by atoms with van der Waals surface area (Å²) in [6.07, 6.45) is -3.04. The van der Waals surface area contributed by atoms with Crippen LogP contribution in [0.5, 0.6) is 0 Å². The molecule has 26 heavy (non-hydrogen) atoms. The van der Waals surface area contributed by atoms with Crippen molar-refractivity contribution in [1.29, 1.82) is 0 Å². The maximum atomic E-state index is 13.7. The van der Waals surface area contributed by atoms with E-state index in [1.807, 2.05) is 0 Å². The van der Waals surface area contributed by atoms with Gasteiger partial charge in [-0.2, -0.15) is 0 Å². The standard InChI is InChI=1S/C17H13ClF3N3O2/c18-12-6-9(5-8-1-2-13(25)24-15(8)12)23-17(26)10-3-4-22-7-11(10)14(19)16(20)21/h3-7,14,16H,1-2H2,(H,23,26)(H,24,25). The smallest absolute Gasteiger partial charge is 0.273 e. The van der Waals surface area contributed by atoms with Gasteiger partial charge in [-0.3, -0.25) is 14.6 Å². The molecule has 0 fully saturated rings. The van der Waals surface area contributed by atoms with Gasteiger partial charge in [0.05, 0.1) is 10.7 Å². The third-order valence-corrected chi connectivity index (χ3v) is 4.23. The SMILES string of the molecule is O=C1CCc2cc(NC(=O)c3ccncc3C(F)C(F)F)cc(Cl)c2N1. The molecule has 1 atom stereocenters. The molecule has 1 aliphatic heterocycles. The number of hydrogen-bond donors (Lipinski definition) is 2. The van der Waals surface area contributed by atoms with E-state index in [2.05, 4.69) is 15.6 Å². The Morgan fingerprint density at radius 3 is 2.77 bits per heavy atom. The van der Waals surface area contributed by atoms with Crippen molar-refractivity contribution in [2.45, 2.75) is 25.4 Å². The number of rotatable bonds is 4. The van der Waals surface area contributed by atoms with Crippen LogP contribution < -0.4 is 10.6 Å². The van der Waals surface area contributed by atoms with Crippen LogP contribution in [0, 0.1) is 0 Å². The highest BCUT2D eigenvalue weighted by Crippen LogP contribution is 2.34. The zero-order valence-electron chi connectivity index (χ0n) is 13.2. The summed E-state index contributed by atoms with van der Waals surface area (Å²) in [7, 11) is 0. The number of carbonyl (C=O) groups is 2. The second kappa shape index (κ2) is 7.33. The van der Waals surface area contributed by atoms with Crippen LogP contribution in [-0.4, -0.2) is 23.2 Å². The number of anilines is 2. The Morgan fingerprint density at radius 1 is 1.27 bits per heavy atom. The van der Waals surface area contributed by atoms with Crippen molar-refractivity contribution in [3.05, 3.63) is 52.3 Å². The highest BCUT2D eigenvalue weighted by Gasteiger charge is 2.27. The molecular formula is C17H13ClF3N3O2. The quantitative estimate of drug-likeness (QED) is 0.833. The lowest BCUT2D eigenvalue weighted by Crippen LogP contribution is -2.20. The average Bonchev–Trinajstić information content (AvgIpc) is 2.61. The normalized spacial score (nSPS) is 14.6. The largest absolute Gasteiger partial charge is 0.325 e. The maximum absolute atomic E-state index is 13.7. The maximum Gasteiger partial charge on any atom is 0.273 e. The van der Waals surface area contributed by atoms with E-state index in [-0.39, 0.29) is 22.9 Å². The first kappa shape index (κ1) is 18.2. The molecule has 2 N–H and O–H groups in total. The van der Waals surface area contributed by atoms with E-state index in [1.165, 1.54) is 18.3 Å². The molecule has 1 aromatic carbocycles.